The van der Waals surface area contributed by atoms with Gasteiger partial charge in [0.15, 0.2) is 0 Å². The van der Waals surface area contributed by atoms with Crippen molar-refractivity contribution in [2.45, 2.75) is 219 Å². The maximum atomic E-state index is 12.8. The molecule has 1 saturated heterocycles. The van der Waals surface area contributed by atoms with E-state index in [-0.39, 0.29) is 11.8 Å². The number of nitrogens with zero attached hydrogens (tertiary/aromatic N) is 2. The first-order chi connectivity index (χ1) is 29.5. The Kier molecular flexibility index (Phi) is 41.2. The van der Waals surface area contributed by atoms with Crippen molar-refractivity contribution in [1.29, 1.82) is 0 Å². The van der Waals surface area contributed by atoms with Gasteiger partial charge in [0.05, 0.1) is 0 Å². The Balaban J connectivity index is 2.11. The molecule has 2 unspecified atom stereocenters. The van der Waals surface area contributed by atoms with Crippen molar-refractivity contribution in [3.63, 3.8) is 0 Å². The number of allylic oxidation sites excluding steroid dienone is 4. The molecule has 6 N–H and O–H groups in total. The largest absolute Gasteiger partial charge is 0.356 e. The van der Waals surface area contributed by atoms with Crippen LogP contribution in [-0.4, -0.2) is 87.1 Å². The van der Waals surface area contributed by atoms with Crippen LogP contribution in [0, 0.1) is 11.8 Å². The van der Waals surface area contributed by atoms with Crippen LogP contribution in [0.1, 0.15) is 219 Å². The zero-order valence-electron chi connectivity index (χ0n) is 40.0. The van der Waals surface area contributed by atoms with Gasteiger partial charge in [0, 0.05) is 52.1 Å². The summed E-state index contributed by atoms with van der Waals surface area (Å²) in [5.41, 5.74) is 11.7. The first kappa shape index (κ1) is 56.3. The Morgan fingerprint density at radius 3 is 1.12 bits per heavy atom. The first-order valence-electron chi connectivity index (χ1n) is 26.2. The molecule has 8 nitrogen and oxygen atoms in total. The molecule has 1 aliphatic heterocycles. The molecule has 352 valence electrons. The van der Waals surface area contributed by atoms with E-state index >= 15 is 0 Å². The number of carbonyl (C=O) groups is 2. The van der Waals surface area contributed by atoms with Crippen molar-refractivity contribution in [3.8, 4) is 0 Å². The van der Waals surface area contributed by atoms with Crippen molar-refractivity contribution in [3.05, 3.63) is 24.3 Å². The number of piperazine rings is 1. The van der Waals surface area contributed by atoms with Crippen LogP contribution in [0.3, 0.4) is 0 Å². The SMILES string of the molecule is CCCCCCCCC=CCCCCCC(CCCN)CC(=O)NCCCN1CCN(CCCNC(=O)CC(CCCN)CCCCCC=CCCCCCCCC)CC1. The number of nitrogens with one attached hydrogen (secondary N) is 2. The quantitative estimate of drug-likeness (QED) is 0.0359. The van der Waals surface area contributed by atoms with Gasteiger partial charge >= 0.3 is 0 Å². The van der Waals surface area contributed by atoms with Gasteiger partial charge in [-0.1, -0.05) is 128 Å². The van der Waals surface area contributed by atoms with Gasteiger partial charge < -0.3 is 31.9 Å². The second kappa shape index (κ2) is 43.9. The highest BCUT2D eigenvalue weighted by Gasteiger charge is 2.18. The van der Waals surface area contributed by atoms with Gasteiger partial charge in [-0.2, -0.15) is 0 Å². The summed E-state index contributed by atoms with van der Waals surface area (Å²) in [6, 6.07) is 0. The molecule has 0 bridgehead atoms. The zero-order valence-corrected chi connectivity index (χ0v) is 40.0. The highest BCUT2D eigenvalue weighted by molar-refractivity contribution is 5.76. The molecule has 1 heterocycles. The molecule has 0 radical (unpaired) electrons. The Bertz CT molecular complexity index is 919. The molecule has 1 fully saturated rings. The van der Waals surface area contributed by atoms with E-state index in [0.717, 1.165) is 104 Å². The molecule has 0 aromatic carbocycles. The molecule has 1 rings (SSSR count). The number of hydrogen-bond acceptors (Lipinski definition) is 6. The third-order valence-electron chi connectivity index (χ3n) is 12.7. The van der Waals surface area contributed by atoms with Gasteiger partial charge in [0.1, 0.15) is 0 Å². The molecule has 0 aliphatic carbocycles. The Morgan fingerprint density at radius 2 is 0.767 bits per heavy atom. The zero-order chi connectivity index (χ0) is 43.4. The number of unbranched alkanes of at least 4 members (excludes halogenated alkanes) is 18. The van der Waals surface area contributed by atoms with E-state index in [9.17, 15) is 9.59 Å². The minimum absolute atomic E-state index is 0.213. The van der Waals surface area contributed by atoms with Crippen LogP contribution in [0.25, 0.3) is 0 Å². The minimum Gasteiger partial charge on any atom is -0.356 e. The summed E-state index contributed by atoms with van der Waals surface area (Å²) in [5, 5.41) is 6.45. The molecule has 0 aromatic rings. The van der Waals surface area contributed by atoms with Crippen molar-refractivity contribution in [2.24, 2.45) is 23.3 Å². The number of carbonyl (C=O) groups excluding carboxylic acids is 2. The van der Waals surface area contributed by atoms with Crippen LogP contribution in [0.2, 0.25) is 0 Å². The summed E-state index contributed by atoms with van der Waals surface area (Å²) in [7, 11) is 0. The number of amides is 2. The van der Waals surface area contributed by atoms with E-state index in [1.54, 1.807) is 0 Å². The maximum absolute atomic E-state index is 12.8. The molecular weight excluding hydrogens is 741 g/mol. The Morgan fingerprint density at radius 1 is 0.450 bits per heavy atom. The lowest BCUT2D eigenvalue weighted by molar-refractivity contribution is -0.123. The van der Waals surface area contributed by atoms with Crippen LogP contribution >= 0.6 is 0 Å². The van der Waals surface area contributed by atoms with Crippen molar-refractivity contribution < 1.29 is 9.59 Å². The standard InChI is InChI=1S/C52H102N6O2/c1-3-5-7-9-11-13-15-17-19-21-23-25-27-33-49(35-29-37-53)47-51(59)55-39-31-41-57-43-45-58(46-44-57)42-32-40-56-52(60)48-50(36-30-38-54)34-28-26-24-22-20-18-16-14-12-10-8-6-4-2/h17-20,49-50H,3-16,21-48,53-54H2,1-2H3,(H,55,59)(H,56,60). The van der Waals surface area contributed by atoms with E-state index < -0.39 is 0 Å². The highest BCUT2D eigenvalue weighted by Crippen LogP contribution is 2.21. The van der Waals surface area contributed by atoms with Gasteiger partial charge in [-0.3, -0.25) is 9.59 Å². The van der Waals surface area contributed by atoms with Gasteiger partial charge in [0.25, 0.3) is 0 Å². The predicted octanol–water partition coefficient (Wildman–Crippen LogP) is 11.6. The molecule has 2 atom stereocenters. The third-order valence-corrected chi connectivity index (χ3v) is 12.7. The van der Waals surface area contributed by atoms with Crippen LogP contribution in [0.4, 0.5) is 0 Å². The van der Waals surface area contributed by atoms with Crippen LogP contribution < -0.4 is 22.1 Å². The summed E-state index contributed by atoms with van der Waals surface area (Å²) in [5.74, 6) is 1.33. The molecule has 0 spiro atoms. The van der Waals surface area contributed by atoms with E-state index in [1.165, 1.54) is 141 Å². The molecule has 0 aromatic heterocycles. The molecule has 2 amide bonds. The molecule has 8 heteroatoms. The van der Waals surface area contributed by atoms with Crippen LogP contribution in [0.15, 0.2) is 24.3 Å². The smallest absolute Gasteiger partial charge is 0.220 e. The summed E-state index contributed by atoms with van der Waals surface area (Å²) < 4.78 is 0. The van der Waals surface area contributed by atoms with Crippen molar-refractivity contribution in [1.82, 2.24) is 20.4 Å². The fourth-order valence-electron chi connectivity index (χ4n) is 8.78. The second-order valence-corrected chi connectivity index (χ2v) is 18.4. The lowest BCUT2D eigenvalue weighted by Crippen LogP contribution is -2.47. The maximum Gasteiger partial charge on any atom is 0.220 e. The fourth-order valence-corrected chi connectivity index (χ4v) is 8.78. The normalized spacial score (nSPS) is 15.0. The molecular formula is C52H102N6O2. The van der Waals surface area contributed by atoms with Gasteiger partial charge in [-0.25, -0.2) is 0 Å². The topological polar surface area (TPSA) is 117 Å². The molecule has 1 aliphatic rings. The summed E-state index contributed by atoms with van der Waals surface area (Å²) >= 11 is 0. The summed E-state index contributed by atoms with van der Waals surface area (Å²) in [6.07, 6.45) is 47.9. The number of hydrogen-bond donors (Lipinski definition) is 4. The van der Waals surface area contributed by atoms with Gasteiger partial charge in [-0.05, 0) is 141 Å². The van der Waals surface area contributed by atoms with Crippen LogP contribution in [0.5, 0.6) is 0 Å². The fraction of sp³-hybridized carbons (Fsp3) is 0.885. The van der Waals surface area contributed by atoms with Crippen molar-refractivity contribution >= 4 is 11.8 Å². The minimum atomic E-state index is 0.213. The Hall–Kier alpha value is -1.74. The molecule has 0 saturated carbocycles. The monoisotopic (exact) mass is 843 g/mol. The highest BCUT2D eigenvalue weighted by atomic mass is 16.2. The lowest BCUT2D eigenvalue weighted by Gasteiger charge is -2.34. The lowest BCUT2D eigenvalue weighted by atomic mass is 9.92. The number of nitrogens with two attached hydrogens (primary N) is 2. The number of rotatable bonds is 44. The van der Waals surface area contributed by atoms with E-state index in [2.05, 4.69) is 58.6 Å². The average molecular weight is 843 g/mol. The van der Waals surface area contributed by atoms with E-state index in [0.29, 0.717) is 37.8 Å². The summed E-state index contributed by atoms with van der Waals surface area (Å²) in [4.78, 5) is 30.7. The van der Waals surface area contributed by atoms with Gasteiger partial charge in [-0.15, -0.1) is 0 Å². The third kappa shape index (κ3) is 36.9. The van der Waals surface area contributed by atoms with E-state index in [4.69, 9.17) is 11.5 Å². The van der Waals surface area contributed by atoms with Crippen molar-refractivity contribution in [2.75, 3.05) is 65.4 Å². The molecule has 60 heavy (non-hydrogen) atoms. The van der Waals surface area contributed by atoms with Crippen LogP contribution in [-0.2, 0) is 9.59 Å². The summed E-state index contributed by atoms with van der Waals surface area (Å²) in [6.45, 7) is 13.9. The second-order valence-electron chi connectivity index (χ2n) is 18.4. The van der Waals surface area contributed by atoms with Gasteiger partial charge in [0.2, 0.25) is 11.8 Å². The van der Waals surface area contributed by atoms with E-state index in [1.807, 2.05) is 0 Å². The predicted molar refractivity (Wildman–Crippen MR) is 261 cm³/mol. The average Bonchev–Trinajstić information content (AvgIpc) is 3.25. The first-order valence-corrected chi connectivity index (χ1v) is 26.2. The Labute approximate surface area is 373 Å².